The average Bonchev–Trinajstić information content (AvgIpc) is 3.02. The maximum absolute atomic E-state index is 12.6. The van der Waals surface area contributed by atoms with Crippen LogP contribution in [0.4, 0.5) is 10.6 Å². The molecule has 1 aliphatic rings. The van der Waals surface area contributed by atoms with Crippen molar-refractivity contribution < 1.29 is 14.3 Å². The molecule has 2 atom stereocenters. The molecule has 0 bridgehead atoms. The second-order valence-corrected chi connectivity index (χ2v) is 7.56. The van der Waals surface area contributed by atoms with Crippen LogP contribution in [0.5, 0.6) is 0 Å². The number of ether oxygens (including phenoxy) is 1. The van der Waals surface area contributed by atoms with Gasteiger partial charge in [0.15, 0.2) is 0 Å². The van der Waals surface area contributed by atoms with E-state index in [0.717, 1.165) is 37.8 Å². The summed E-state index contributed by atoms with van der Waals surface area (Å²) in [5.41, 5.74) is 0.443. The SMILES string of the molecule is CC[C@H](C)N(C(=O)OC(C)(C)C)c1ccc([C@@H]2CCCN2C=O)cn1. The first-order chi connectivity index (χ1) is 11.8. The van der Waals surface area contributed by atoms with Crippen LogP contribution in [0.1, 0.15) is 65.5 Å². The van der Waals surface area contributed by atoms with Crippen molar-refractivity contribution in [3.8, 4) is 0 Å². The Kier molecular flexibility index (Phi) is 6.03. The minimum atomic E-state index is -0.558. The van der Waals surface area contributed by atoms with E-state index in [1.807, 2.05) is 46.8 Å². The molecule has 6 heteroatoms. The van der Waals surface area contributed by atoms with E-state index in [0.29, 0.717) is 5.82 Å². The molecule has 2 rings (SSSR count). The van der Waals surface area contributed by atoms with Gasteiger partial charge in [0.1, 0.15) is 11.4 Å². The lowest BCUT2D eigenvalue weighted by Gasteiger charge is -2.30. The average molecular weight is 347 g/mol. The zero-order valence-corrected chi connectivity index (χ0v) is 15.9. The molecule has 0 radical (unpaired) electrons. The Morgan fingerprint density at radius 2 is 2.20 bits per heavy atom. The van der Waals surface area contributed by atoms with E-state index in [1.54, 1.807) is 16.0 Å². The Morgan fingerprint density at radius 3 is 2.72 bits per heavy atom. The zero-order chi connectivity index (χ0) is 18.6. The smallest absolute Gasteiger partial charge is 0.416 e. The second kappa shape index (κ2) is 7.85. The molecule has 1 aromatic rings. The van der Waals surface area contributed by atoms with Crippen LogP contribution >= 0.6 is 0 Å². The molecule has 1 fully saturated rings. The number of amides is 2. The third-order valence-electron chi connectivity index (χ3n) is 4.45. The first kappa shape index (κ1) is 19.2. The third kappa shape index (κ3) is 4.71. The Labute approximate surface area is 150 Å². The summed E-state index contributed by atoms with van der Waals surface area (Å²) in [7, 11) is 0. The Balaban J connectivity index is 2.23. The predicted octanol–water partition coefficient (Wildman–Crippen LogP) is 3.91. The van der Waals surface area contributed by atoms with Crippen LogP contribution in [0.15, 0.2) is 18.3 Å². The maximum Gasteiger partial charge on any atom is 0.416 e. The van der Waals surface area contributed by atoms with E-state index in [4.69, 9.17) is 4.74 Å². The Hall–Kier alpha value is -2.11. The van der Waals surface area contributed by atoms with Crippen LogP contribution < -0.4 is 4.90 Å². The Morgan fingerprint density at radius 1 is 1.48 bits per heavy atom. The van der Waals surface area contributed by atoms with Crippen LogP contribution in [-0.2, 0) is 9.53 Å². The van der Waals surface area contributed by atoms with Gasteiger partial charge in [0.05, 0.1) is 6.04 Å². The van der Waals surface area contributed by atoms with E-state index in [1.165, 1.54) is 0 Å². The van der Waals surface area contributed by atoms with E-state index >= 15 is 0 Å². The molecule has 2 heterocycles. The molecule has 0 aromatic carbocycles. The summed E-state index contributed by atoms with van der Waals surface area (Å²) in [6.07, 6.45) is 5.02. The largest absolute Gasteiger partial charge is 0.443 e. The van der Waals surface area contributed by atoms with Crippen LogP contribution in [0.2, 0.25) is 0 Å². The molecule has 6 nitrogen and oxygen atoms in total. The molecule has 25 heavy (non-hydrogen) atoms. The van der Waals surface area contributed by atoms with Gasteiger partial charge in [-0.05, 0) is 58.6 Å². The third-order valence-corrected chi connectivity index (χ3v) is 4.45. The molecule has 2 amide bonds. The van der Waals surface area contributed by atoms with E-state index in [9.17, 15) is 9.59 Å². The quantitative estimate of drug-likeness (QED) is 0.758. The van der Waals surface area contributed by atoms with Crippen molar-refractivity contribution in [3.05, 3.63) is 23.9 Å². The number of carbonyl (C=O) groups is 2. The summed E-state index contributed by atoms with van der Waals surface area (Å²) in [5.74, 6) is 0.572. The molecule has 0 saturated carbocycles. The summed E-state index contributed by atoms with van der Waals surface area (Å²) < 4.78 is 5.53. The molecular weight excluding hydrogens is 318 g/mol. The van der Waals surface area contributed by atoms with Gasteiger partial charge in [0.2, 0.25) is 6.41 Å². The Bertz CT molecular complexity index is 595. The van der Waals surface area contributed by atoms with Crippen LogP contribution in [-0.4, -0.2) is 40.6 Å². The van der Waals surface area contributed by atoms with Gasteiger partial charge in [-0.1, -0.05) is 13.0 Å². The highest BCUT2D eigenvalue weighted by molar-refractivity contribution is 5.87. The first-order valence-corrected chi connectivity index (χ1v) is 8.96. The summed E-state index contributed by atoms with van der Waals surface area (Å²) in [6.45, 7) is 10.3. The summed E-state index contributed by atoms with van der Waals surface area (Å²) in [6, 6.07) is 3.85. The molecule has 138 valence electrons. The molecule has 0 spiro atoms. The lowest BCUT2D eigenvalue weighted by atomic mass is 10.1. The molecule has 1 aliphatic heterocycles. The number of likely N-dealkylation sites (tertiary alicyclic amines) is 1. The summed E-state index contributed by atoms with van der Waals surface area (Å²) in [4.78, 5) is 31.7. The number of hydrogen-bond acceptors (Lipinski definition) is 4. The van der Waals surface area contributed by atoms with Crippen molar-refractivity contribution in [2.45, 2.75) is 71.6 Å². The van der Waals surface area contributed by atoms with Gasteiger partial charge >= 0.3 is 6.09 Å². The number of hydrogen-bond donors (Lipinski definition) is 0. The number of anilines is 1. The van der Waals surface area contributed by atoms with Crippen molar-refractivity contribution in [1.82, 2.24) is 9.88 Å². The number of pyridine rings is 1. The highest BCUT2D eigenvalue weighted by Crippen LogP contribution is 2.31. The summed E-state index contributed by atoms with van der Waals surface area (Å²) in [5, 5.41) is 0. The minimum absolute atomic E-state index is 0.0221. The van der Waals surface area contributed by atoms with Gasteiger partial charge in [-0.3, -0.25) is 9.69 Å². The number of rotatable bonds is 5. The second-order valence-electron chi connectivity index (χ2n) is 7.56. The number of aromatic nitrogens is 1. The highest BCUT2D eigenvalue weighted by Gasteiger charge is 2.29. The zero-order valence-electron chi connectivity index (χ0n) is 15.9. The molecular formula is C19H29N3O3. The number of carbonyl (C=O) groups excluding carboxylic acids is 2. The van der Waals surface area contributed by atoms with Crippen molar-refractivity contribution in [3.63, 3.8) is 0 Å². The van der Waals surface area contributed by atoms with Gasteiger partial charge in [-0.15, -0.1) is 0 Å². The first-order valence-electron chi connectivity index (χ1n) is 8.96. The van der Waals surface area contributed by atoms with E-state index in [-0.39, 0.29) is 12.1 Å². The fourth-order valence-corrected chi connectivity index (χ4v) is 3.00. The van der Waals surface area contributed by atoms with Crippen LogP contribution in [0, 0.1) is 0 Å². The van der Waals surface area contributed by atoms with Crippen LogP contribution in [0.25, 0.3) is 0 Å². The highest BCUT2D eigenvalue weighted by atomic mass is 16.6. The molecule has 0 N–H and O–H groups in total. The van der Waals surface area contributed by atoms with E-state index < -0.39 is 11.7 Å². The minimum Gasteiger partial charge on any atom is -0.443 e. The fraction of sp³-hybridized carbons (Fsp3) is 0.632. The standard InChI is InChI=1S/C19H29N3O3/c1-6-14(2)22(18(24)25-19(3,4)5)17-10-9-15(12-20-17)16-8-7-11-21(16)13-23/h9-10,12-14,16H,6-8,11H2,1-5H3/t14-,16-/m0/s1. The lowest BCUT2D eigenvalue weighted by Crippen LogP contribution is -2.42. The molecule has 1 saturated heterocycles. The van der Waals surface area contributed by atoms with Crippen LogP contribution in [0.3, 0.4) is 0 Å². The summed E-state index contributed by atoms with van der Waals surface area (Å²) >= 11 is 0. The van der Waals surface area contributed by atoms with Crippen molar-refractivity contribution in [2.75, 3.05) is 11.4 Å². The maximum atomic E-state index is 12.6. The van der Waals surface area contributed by atoms with Crippen molar-refractivity contribution in [2.24, 2.45) is 0 Å². The van der Waals surface area contributed by atoms with Gasteiger partial charge in [-0.25, -0.2) is 9.78 Å². The van der Waals surface area contributed by atoms with Gasteiger partial charge in [0.25, 0.3) is 0 Å². The monoisotopic (exact) mass is 347 g/mol. The van der Waals surface area contributed by atoms with Crippen molar-refractivity contribution >= 4 is 18.3 Å². The van der Waals surface area contributed by atoms with Crippen molar-refractivity contribution in [1.29, 1.82) is 0 Å². The van der Waals surface area contributed by atoms with E-state index in [2.05, 4.69) is 4.98 Å². The fourth-order valence-electron chi connectivity index (χ4n) is 3.00. The topological polar surface area (TPSA) is 62.7 Å². The normalized spacial score (nSPS) is 18.8. The van der Waals surface area contributed by atoms with Gasteiger partial charge in [0, 0.05) is 18.8 Å². The molecule has 0 aliphatic carbocycles. The number of nitrogens with zero attached hydrogens (tertiary/aromatic N) is 3. The lowest BCUT2D eigenvalue weighted by molar-refractivity contribution is -0.118. The molecule has 0 unspecified atom stereocenters. The molecule has 1 aromatic heterocycles. The van der Waals surface area contributed by atoms with Gasteiger partial charge < -0.3 is 9.64 Å². The van der Waals surface area contributed by atoms with Gasteiger partial charge in [-0.2, -0.15) is 0 Å². The predicted molar refractivity (Wildman–Crippen MR) is 97.4 cm³/mol.